The SMILES string of the molecule is Cc1ccc(C)c(C(=O)N2CC=CC2)c1. The van der Waals surface area contributed by atoms with Crippen LogP contribution in [-0.4, -0.2) is 23.9 Å². The van der Waals surface area contributed by atoms with Crippen LogP contribution in [0.25, 0.3) is 0 Å². The van der Waals surface area contributed by atoms with Gasteiger partial charge in [0, 0.05) is 18.7 Å². The Morgan fingerprint density at radius 1 is 1.20 bits per heavy atom. The maximum absolute atomic E-state index is 12.1. The van der Waals surface area contributed by atoms with E-state index in [1.807, 2.05) is 49.1 Å². The Bertz CT molecular complexity index is 413. The zero-order valence-corrected chi connectivity index (χ0v) is 9.16. The molecule has 0 spiro atoms. The highest BCUT2D eigenvalue weighted by Crippen LogP contribution is 2.14. The third-order valence-corrected chi connectivity index (χ3v) is 2.73. The van der Waals surface area contributed by atoms with Gasteiger partial charge < -0.3 is 4.90 Å². The van der Waals surface area contributed by atoms with Gasteiger partial charge >= 0.3 is 0 Å². The molecule has 1 amide bonds. The molecule has 2 heteroatoms. The van der Waals surface area contributed by atoms with E-state index in [0.29, 0.717) is 0 Å². The average molecular weight is 201 g/mol. The number of hydrogen-bond acceptors (Lipinski definition) is 1. The number of aryl methyl sites for hydroxylation is 2. The van der Waals surface area contributed by atoms with Crippen LogP contribution in [0.5, 0.6) is 0 Å². The largest absolute Gasteiger partial charge is 0.331 e. The fraction of sp³-hybridized carbons (Fsp3) is 0.308. The van der Waals surface area contributed by atoms with Crippen molar-refractivity contribution in [3.8, 4) is 0 Å². The minimum absolute atomic E-state index is 0.140. The first-order valence-corrected chi connectivity index (χ1v) is 5.20. The topological polar surface area (TPSA) is 20.3 Å². The lowest BCUT2D eigenvalue weighted by molar-refractivity contribution is 0.0799. The van der Waals surface area contributed by atoms with Gasteiger partial charge in [-0.25, -0.2) is 0 Å². The highest BCUT2D eigenvalue weighted by atomic mass is 16.2. The molecule has 0 radical (unpaired) electrons. The fourth-order valence-electron chi connectivity index (χ4n) is 1.78. The summed E-state index contributed by atoms with van der Waals surface area (Å²) < 4.78 is 0. The molecule has 0 saturated carbocycles. The van der Waals surface area contributed by atoms with Crippen molar-refractivity contribution in [2.45, 2.75) is 13.8 Å². The van der Waals surface area contributed by atoms with E-state index in [-0.39, 0.29) is 5.91 Å². The minimum atomic E-state index is 0.140. The number of carbonyl (C=O) groups excluding carboxylic acids is 1. The van der Waals surface area contributed by atoms with Crippen LogP contribution in [0.1, 0.15) is 21.5 Å². The smallest absolute Gasteiger partial charge is 0.254 e. The number of hydrogen-bond donors (Lipinski definition) is 0. The van der Waals surface area contributed by atoms with E-state index in [1.54, 1.807) is 0 Å². The van der Waals surface area contributed by atoms with Gasteiger partial charge in [0.05, 0.1) is 0 Å². The van der Waals surface area contributed by atoms with Gasteiger partial charge in [-0.15, -0.1) is 0 Å². The second-order valence-electron chi connectivity index (χ2n) is 4.00. The predicted octanol–water partition coefficient (Wildman–Crippen LogP) is 2.32. The number of rotatable bonds is 1. The van der Waals surface area contributed by atoms with Gasteiger partial charge in [-0.3, -0.25) is 4.79 Å². The van der Waals surface area contributed by atoms with Gasteiger partial charge in [-0.2, -0.15) is 0 Å². The lowest BCUT2D eigenvalue weighted by Crippen LogP contribution is -2.28. The van der Waals surface area contributed by atoms with Crippen LogP contribution < -0.4 is 0 Å². The fourth-order valence-corrected chi connectivity index (χ4v) is 1.78. The zero-order valence-electron chi connectivity index (χ0n) is 9.16. The van der Waals surface area contributed by atoms with Crippen LogP contribution in [0.4, 0.5) is 0 Å². The molecule has 0 atom stereocenters. The zero-order chi connectivity index (χ0) is 10.8. The third-order valence-electron chi connectivity index (χ3n) is 2.73. The molecule has 0 N–H and O–H groups in total. The van der Waals surface area contributed by atoms with Crippen molar-refractivity contribution in [2.75, 3.05) is 13.1 Å². The lowest BCUT2D eigenvalue weighted by Gasteiger charge is -2.17. The van der Waals surface area contributed by atoms with Crippen LogP contribution in [0, 0.1) is 13.8 Å². The molecule has 0 unspecified atom stereocenters. The van der Waals surface area contributed by atoms with Crippen LogP contribution in [-0.2, 0) is 0 Å². The van der Waals surface area contributed by atoms with Crippen LogP contribution >= 0.6 is 0 Å². The van der Waals surface area contributed by atoms with E-state index in [2.05, 4.69) is 0 Å². The maximum Gasteiger partial charge on any atom is 0.254 e. The van der Waals surface area contributed by atoms with Gasteiger partial charge in [-0.05, 0) is 25.5 Å². The van der Waals surface area contributed by atoms with Crippen LogP contribution in [0.2, 0.25) is 0 Å². The lowest BCUT2D eigenvalue weighted by atomic mass is 10.0. The summed E-state index contributed by atoms with van der Waals surface area (Å²) in [6, 6.07) is 6.01. The van der Waals surface area contributed by atoms with Crippen molar-refractivity contribution < 1.29 is 4.79 Å². The Kier molecular flexibility index (Phi) is 2.58. The maximum atomic E-state index is 12.1. The Balaban J connectivity index is 2.28. The molecule has 0 saturated heterocycles. The minimum Gasteiger partial charge on any atom is -0.331 e. The van der Waals surface area contributed by atoms with E-state index in [0.717, 1.165) is 29.8 Å². The predicted molar refractivity (Wildman–Crippen MR) is 61.0 cm³/mol. The van der Waals surface area contributed by atoms with Gasteiger partial charge in [0.25, 0.3) is 5.91 Å². The first-order chi connectivity index (χ1) is 7.18. The molecule has 0 bridgehead atoms. The van der Waals surface area contributed by atoms with Crippen molar-refractivity contribution in [3.05, 3.63) is 47.0 Å². The first kappa shape index (κ1) is 9.97. The molecule has 1 aromatic carbocycles. The first-order valence-electron chi connectivity index (χ1n) is 5.20. The standard InChI is InChI=1S/C13H15NO/c1-10-5-6-11(2)12(9-10)13(15)14-7-3-4-8-14/h3-6,9H,7-8H2,1-2H3. The van der Waals surface area contributed by atoms with Crippen molar-refractivity contribution in [1.82, 2.24) is 4.90 Å². The summed E-state index contributed by atoms with van der Waals surface area (Å²) in [7, 11) is 0. The number of benzene rings is 1. The second kappa shape index (κ2) is 3.89. The molecule has 0 fully saturated rings. The molecule has 78 valence electrons. The molecular formula is C13H15NO. The molecule has 1 heterocycles. The number of nitrogens with zero attached hydrogens (tertiary/aromatic N) is 1. The van der Waals surface area contributed by atoms with Gasteiger partial charge in [-0.1, -0.05) is 29.8 Å². The molecule has 0 aromatic heterocycles. The van der Waals surface area contributed by atoms with E-state index < -0.39 is 0 Å². The average Bonchev–Trinajstić information content (AvgIpc) is 2.74. The molecule has 2 nitrogen and oxygen atoms in total. The molecule has 1 aromatic rings. The summed E-state index contributed by atoms with van der Waals surface area (Å²) in [5.41, 5.74) is 3.02. The Labute approximate surface area is 90.2 Å². The Morgan fingerprint density at radius 2 is 1.87 bits per heavy atom. The highest BCUT2D eigenvalue weighted by molar-refractivity contribution is 5.96. The second-order valence-corrected chi connectivity index (χ2v) is 4.00. The molecule has 2 rings (SSSR count). The highest BCUT2D eigenvalue weighted by Gasteiger charge is 2.17. The van der Waals surface area contributed by atoms with Crippen molar-refractivity contribution in [1.29, 1.82) is 0 Å². The van der Waals surface area contributed by atoms with Crippen molar-refractivity contribution >= 4 is 5.91 Å². The van der Waals surface area contributed by atoms with Crippen LogP contribution in [0.3, 0.4) is 0 Å². The summed E-state index contributed by atoms with van der Waals surface area (Å²) in [4.78, 5) is 14.0. The quantitative estimate of drug-likeness (QED) is 0.638. The third kappa shape index (κ3) is 1.94. The molecule has 0 aliphatic carbocycles. The molecule has 1 aliphatic heterocycles. The summed E-state index contributed by atoms with van der Waals surface area (Å²) >= 11 is 0. The molecular weight excluding hydrogens is 186 g/mol. The van der Waals surface area contributed by atoms with Crippen LogP contribution in [0.15, 0.2) is 30.4 Å². The summed E-state index contributed by atoms with van der Waals surface area (Å²) in [6.07, 6.45) is 4.06. The van der Waals surface area contributed by atoms with E-state index >= 15 is 0 Å². The number of amides is 1. The van der Waals surface area contributed by atoms with Crippen molar-refractivity contribution in [2.24, 2.45) is 0 Å². The van der Waals surface area contributed by atoms with Gasteiger partial charge in [0.1, 0.15) is 0 Å². The van der Waals surface area contributed by atoms with Gasteiger partial charge in [0.15, 0.2) is 0 Å². The summed E-state index contributed by atoms with van der Waals surface area (Å²) in [5, 5.41) is 0. The summed E-state index contributed by atoms with van der Waals surface area (Å²) in [6.45, 7) is 5.48. The van der Waals surface area contributed by atoms with E-state index in [9.17, 15) is 4.79 Å². The van der Waals surface area contributed by atoms with Gasteiger partial charge in [0.2, 0.25) is 0 Å². The Morgan fingerprint density at radius 3 is 2.53 bits per heavy atom. The Hall–Kier alpha value is -1.57. The van der Waals surface area contributed by atoms with Crippen molar-refractivity contribution in [3.63, 3.8) is 0 Å². The summed E-state index contributed by atoms with van der Waals surface area (Å²) in [5.74, 6) is 0.140. The number of carbonyl (C=O) groups is 1. The normalized spacial score (nSPS) is 14.7. The monoisotopic (exact) mass is 201 g/mol. The molecule has 1 aliphatic rings. The van der Waals surface area contributed by atoms with E-state index in [1.165, 1.54) is 0 Å². The molecule has 15 heavy (non-hydrogen) atoms. The van der Waals surface area contributed by atoms with E-state index in [4.69, 9.17) is 0 Å².